The molecule has 0 saturated heterocycles. The molecule has 24 heavy (non-hydrogen) atoms. The summed E-state index contributed by atoms with van der Waals surface area (Å²) in [5.74, 6) is 0.579. The number of aryl methyl sites for hydroxylation is 2. The van der Waals surface area contributed by atoms with Gasteiger partial charge in [0.2, 0.25) is 0 Å². The fourth-order valence-corrected chi connectivity index (χ4v) is 2.84. The van der Waals surface area contributed by atoms with E-state index >= 15 is 0 Å². The van der Waals surface area contributed by atoms with Crippen molar-refractivity contribution in [1.29, 1.82) is 0 Å². The van der Waals surface area contributed by atoms with E-state index in [1.54, 1.807) is 35.6 Å². The average molecular weight is 338 g/mol. The Hall–Kier alpha value is -2.66. The Bertz CT molecular complexity index is 823. The second-order valence-electron chi connectivity index (χ2n) is 5.52. The standard InChI is InChI=1S/C19H18N2O2S/c1-13-3-7-16(8-4-13)21-19(22)15-5-9-17(10-6-15)23-11-18-20-14(2)12-24-18/h3-10,12H,11H2,1-2H3,(H,21,22). The lowest BCUT2D eigenvalue weighted by molar-refractivity contribution is 0.102. The van der Waals surface area contributed by atoms with Gasteiger partial charge in [-0.25, -0.2) is 4.98 Å². The zero-order valence-electron chi connectivity index (χ0n) is 13.6. The van der Waals surface area contributed by atoms with Gasteiger partial charge in [-0.05, 0) is 50.2 Å². The third-order valence-electron chi connectivity index (χ3n) is 3.45. The van der Waals surface area contributed by atoms with Crippen LogP contribution in [0.1, 0.15) is 26.6 Å². The summed E-state index contributed by atoms with van der Waals surface area (Å²) in [6.45, 7) is 4.41. The predicted octanol–water partition coefficient (Wildman–Crippen LogP) is 4.59. The van der Waals surface area contributed by atoms with E-state index in [1.165, 1.54) is 0 Å². The van der Waals surface area contributed by atoms with Gasteiger partial charge in [-0.2, -0.15) is 0 Å². The van der Waals surface area contributed by atoms with E-state index in [4.69, 9.17) is 4.74 Å². The molecule has 0 atom stereocenters. The van der Waals surface area contributed by atoms with Crippen molar-refractivity contribution in [2.24, 2.45) is 0 Å². The Kier molecular flexibility index (Phi) is 4.91. The molecule has 1 amide bonds. The zero-order chi connectivity index (χ0) is 16.9. The molecule has 2 aromatic carbocycles. The Labute approximate surface area is 145 Å². The molecule has 3 aromatic rings. The van der Waals surface area contributed by atoms with Crippen LogP contribution in [0.25, 0.3) is 0 Å². The fraction of sp³-hybridized carbons (Fsp3) is 0.158. The topological polar surface area (TPSA) is 51.2 Å². The van der Waals surface area contributed by atoms with Crippen molar-refractivity contribution < 1.29 is 9.53 Å². The first-order chi connectivity index (χ1) is 11.6. The molecule has 0 radical (unpaired) electrons. The smallest absolute Gasteiger partial charge is 0.255 e. The van der Waals surface area contributed by atoms with Crippen LogP contribution in [0.3, 0.4) is 0 Å². The summed E-state index contributed by atoms with van der Waals surface area (Å²) >= 11 is 1.58. The normalized spacial score (nSPS) is 10.4. The highest BCUT2D eigenvalue weighted by Crippen LogP contribution is 2.17. The third-order valence-corrected chi connectivity index (χ3v) is 4.40. The molecule has 3 rings (SSSR count). The Morgan fingerprint density at radius 3 is 2.42 bits per heavy atom. The maximum atomic E-state index is 12.2. The van der Waals surface area contributed by atoms with Crippen LogP contribution < -0.4 is 10.1 Å². The second-order valence-corrected chi connectivity index (χ2v) is 6.46. The molecule has 0 unspecified atom stereocenters. The number of nitrogens with one attached hydrogen (secondary N) is 1. The summed E-state index contributed by atoms with van der Waals surface area (Å²) in [6, 6.07) is 14.8. The first-order valence-corrected chi connectivity index (χ1v) is 8.50. The first kappa shape index (κ1) is 16.2. The number of rotatable bonds is 5. The predicted molar refractivity (Wildman–Crippen MR) is 96.8 cm³/mol. The Morgan fingerprint density at radius 1 is 1.08 bits per heavy atom. The van der Waals surface area contributed by atoms with Crippen molar-refractivity contribution in [3.63, 3.8) is 0 Å². The van der Waals surface area contributed by atoms with Gasteiger partial charge in [-0.1, -0.05) is 17.7 Å². The van der Waals surface area contributed by atoms with Gasteiger partial charge in [0.25, 0.3) is 5.91 Å². The summed E-state index contributed by atoms with van der Waals surface area (Å²) in [5.41, 5.74) is 3.53. The van der Waals surface area contributed by atoms with Crippen LogP contribution in [-0.4, -0.2) is 10.9 Å². The number of hydrogen-bond donors (Lipinski definition) is 1. The number of nitrogens with zero attached hydrogens (tertiary/aromatic N) is 1. The summed E-state index contributed by atoms with van der Waals surface area (Å²) in [7, 11) is 0. The van der Waals surface area contributed by atoms with Crippen molar-refractivity contribution in [3.8, 4) is 5.75 Å². The van der Waals surface area contributed by atoms with E-state index in [0.29, 0.717) is 12.2 Å². The third kappa shape index (κ3) is 4.20. The molecule has 5 heteroatoms. The molecule has 0 aliphatic heterocycles. The molecule has 0 saturated carbocycles. The molecular formula is C19H18N2O2S. The number of anilines is 1. The highest BCUT2D eigenvalue weighted by atomic mass is 32.1. The van der Waals surface area contributed by atoms with Gasteiger partial charge in [-0.3, -0.25) is 4.79 Å². The van der Waals surface area contributed by atoms with Crippen molar-refractivity contribution in [2.75, 3.05) is 5.32 Å². The first-order valence-electron chi connectivity index (χ1n) is 7.62. The van der Waals surface area contributed by atoms with Crippen LogP contribution in [-0.2, 0) is 6.61 Å². The lowest BCUT2D eigenvalue weighted by Crippen LogP contribution is -2.11. The number of thiazole rings is 1. The van der Waals surface area contributed by atoms with Crippen molar-refractivity contribution in [2.45, 2.75) is 20.5 Å². The molecule has 0 aliphatic carbocycles. The van der Waals surface area contributed by atoms with Crippen molar-refractivity contribution >= 4 is 22.9 Å². The zero-order valence-corrected chi connectivity index (χ0v) is 14.4. The lowest BCUT2D eigenvalue weighted by Gasteiger charge is -2.07. The average Bonchev–Trinajstić information content (AvgIpc) is 3.01. The van der Waals surface area contributed by atoms with Gasteiger partial charge < -0.3 is 10.1 Å². The number of amides is 1. The minimum atomic E-state index is -0.138. The lowest BCUT2D eigenvalue weighted by atomic mass is 10.2. The van der Waals surface area contributed by atoms with E-state index in [-0.39, 0.29) is 5.91 Å². The molecule has 1 heterocycles. The molecule has 0 bridgehead atoms. The molecular weight excluding hydrogens is 320 g/mol. The van der Waals surface area contributed by atoms with E-state index in [0.717, 1.165) is 27.7 Å². The van der Waals surface area contributed by atoms with Crippen LogP contribution in [0.2, 0.25) is 0 Å². The van der Waals surface area contributed by atoms with Gasteiger partial charge in [0.1, 0.15) is 17.4 Å². The molecule has 0 aliphatic rings. The van der Waals surface area contributed by atoms with Gasteiger partial charge in [0.15, 0.2) is 0 Å². The minimum Gasteiger partial charge on any atom is -0.486 e. The molecule has 1 aromatic heterocycles. The van der Waals surface area contributed by atoms with Crippen molar-refractivity contribution in [3.05, 3.63) is 75.7 Å². The quantitative estimate of drug-likeness (QED) is 0.740. The van der Waals surface area contributed by atoms with E-state index in [1.807, 2.05) is 43.5 Å². The van der Waals surface area contributed by atoms with Crippen LogP contribution in [0, 0.1) is 13.8 Å². The molecule has 0 spiro atoms. The van der Waals surface area contributed by atoms with Gasteiger partial charge in [0, 0.05) is 22.3 Å². The Balaban J connectivity index is 1.59. The van der Waals surface area contributed by atoms with Gasteiger partial charge >= 0.3 is 0 Å². The Morgan fingerprint density at radius 2 is 1.79 bits per heavy atom. The van der Waals surface area contributed by atoms with Gasteiger partial charge in [-0.15, -0.1) is 11.3 Å². The highest BCUT2D eigenvalue weighted by Gasteiger charge is 2.07. The van der Waals surface area contributed by atoms with Crippen LogP contribution in [0.5, 0.6) is 5.75 Å². The molecule has 4 nitrogen and oxygen atoms in total. The largest absolute Gasteiger partial charge is 0.486 e. The summed E-state index contributed by atoms with van der Waals surface area (Å²) in [6.07, 6.45) is 0. The van der Waals surface area contributed by atoms with Crippen LogP contribution in [0.4, 0.5) is 5.69 Å². The molecule has 0 fully saturated rings. The minimum absolute atomic E-state index is 0.138. The van der Waals surface area contributed by atoms with Gasteiger partial charge in [0.05, 0.1) is 0 Å². The fourth-order valence-electron chi connectivity index (χ4n) is 2.16. The van der Waals surface area contributed by atoms with Crippen molar-refractivity contribution in [1.82, 2.24) is 4.98 Å². The maximum Gasteiger partial charge on any atom is 0.255 e. The van der Waals surface area contributed by atoms with Crippen LogP contribution >= 0.6 is 11.3 Å². The van der Waals surface area contributed by atoms with Crippen LogP contribution in [0.15, 0.2) is 53.9 Å². The number of aromatic nitrogens is 1. The summed E-state index contributed by atoms with van der Waals surface area (Å²) in [4.78, 5) is 16.6. The number of carbonyl (C=O) groups excluding carboxylic acids is 1. The summed E-state index contributed by atoms with van der Waals surface area (Å²) < 4.78 is 5.69. The number of hydrogen-bond acceptors (Lipinski definition) is 4. The summed E-state index contributed by atoms with van der Waals surface area (Å²) in [5, 5.41) is 5.81. The van der Waals surface area contributed by atoms with E-state index in [9.17, 15) is 4.79 Å². The van der Waals surface area contributed by atoms with E-state index < -0.39 is 0 Å². The van der Waals surface area contributed by atoms with E-state index in [2.05, 4.69) is 10.3 Å². The number of carbonyl (C=O) groups is 1. The number of benzene rings is 2. The monoisotopic (exact) mass is 338 g/mol. The maximum absolute atomic E-state index is 12.2. The second kappa shape index (κ2) is 7.27. The molecule has 122 valence electrons. The SMILES string of the molecule is Cc1ccc(NC(=O)c2ccc(OCc3nc(C)cs3)cc2)cc1. The number of ether oxygens (including phenoxy) is 1. The molecule has 1 N–H and O–H groups in total. The highest BCUT2D eigenvalue weighted by molar-refractivity contribution is 7.09.